The van der Waals surface area contributed by atoms with Crippen LogP contribution >= 0.6 is 20.7 Å². The van der Waals surface area contributed by atoms with Crippen molar-refractivity contribution >= 4 is 46.5 Å². The summed E-state index contributed by atoms with van der Waals surface area (Å²) in [4.78, 5) is 10.0. The van der Waals surface area contributed by atoms with Crippen molar-refractivity contribution in [2.45, 2.75) is 38.9 Å². The SMILES string of the molecule is CC1(C)OB(c2cccc(C3=NC(c4ccccc4)=NC(c4ccccc4)=I3)c2)OC1(C)C. The number of aliphatic imine (C=N–C) groups is 2. The monoisotopic (exact) mass is 548 g/mol. The van der Waals surface area contributed by atoms with Gasteiger partial charge in [0.15, 0.2) is 5.84 Å². The van der Waals surface area contributed by atoms with Crippen LogP contribution in [0.4, 0.5) is 0 Å². The number of benzene rings is 3. The fraction of sp³-hybridized carbons (Fsp3) is 0.222. The van der Waals surface area contributed by atoms with Gasteiger partial charge in [-0.3, -0.25) is 0 Å². The largest absolute Gasteiger partial charge is 0.494 e. The van der Waals surface area contributed by atoms with Crippen LogP contribution in [0.3, 0.4) is 0 Å². The second-order valence-corrected chi connectivity index (χ2v) is 11.8. The standard InChI is InChI=1S/C27H26BIN2O2/c1-26(2)27(3,4)33-28(32-26)22-17-11-16-21(18-22)24-29-23(19-12-7-5-8-13-19)30-25(31-24)20-14-9-6-10-15-20/h5-18H,1-4H3. The summed E-state index contributed by atoms with van der Waals surface area (Å²) in [6.45, 7) is 8.32. The molecule has 0 spiro atoms. The van der Waals surface area contributed by atoms with E-state index in [0.717, 1.165) is 35.3 Å². The maximum atomic E-state index is 6.29. The molecule has 0 aromatic heterocycles. The number of nitrogens with zero attached hydrogens (tertiary/aromatic N) is 2. The third-order valence-electron chi connectivity index (χ3n) is 6.28. The number of rotatable bonds is 4. The van der Waals surface area contributed by atoms with Gasteiger partial charge in [0, 0.05) is 16.7 Å². The van der Waals surface area contributed by atoms with Gasteiger partial charge in [-0.1, -0.05) is 84.9 Å². The highest BCUT2D eigenvalue weighted by molar-refractivity contribution is 14.2. The summed E-state index contributed by atoms with van der Waals surface area (Å²) >= 11 is -0.561. The van der Waals surface area contributed by atoms with Crippen LogP contribution in [0.15, 0.2) is 94.9 Å². The molecule has 1 fully saturated rings. The molecule has 0 N–H and O–H groups in total. The molecule has 0 atom stereocenters. The Morgan fingerprint density at radius 3 is 1.88 bits per heavy atom. The van der Waals surface area contributed by atoms with Gasteiger partial charge in [-0.15, -0.1) is 0 Å². The third kappa shape index (κ3) is 4.52. The van der Waals surface area contributed by atoms with E-state index in [1.807, 2.05) is 24.3 Å². The van der Waals surface area contributed by atoms with Gasteiger partial charge in [0.2, 0.25) is 0 Å². The van der Waals surface area contributed by atoms with Gasteiger partial charge in [0.1, 0.15) is 7.35 Å². The summed E-state index contributed by atoms with van der Waals surface area (Å²) in [6.07, 6.45) is 0. The van der Waals surface area contributed by atoms with Crippen molar-refractivity contribution in [1.29, 1.82) is 0 Å². The highest BCUT2D eigenvalue weighted by atomic mass is 127. The van der Waals surface area contributed by atoms with Crippen LogP contribution in [0.1, 0.15) is 44.4 Å². The van der Waals surface area contributed by atoms with E-state index in [9.17, 15) is 0 Å². The average Bonchev–Trinajstić information content (AvgIpc) is 3.07. The molecule has 6 heteroatoms. The maximum Gasteiger partial charge on any atom is 0.494 e. The summed E-state index contributed by atoms with van der Waals surface area (Å²) in [5.74, 6) is 0.761. The fourth-order valence-electron chi connectivity index (χ4n) is 3.66. The van der Waals surface area contributed by atoms with E-state index in [2.05, 4.69) is 88.4 Å². The first-order valence-corrected chi connectivity index (χ1v) is 13.2. The molecular weight excluding hydrogens is 522 g/mol. The van der Waals surface area contributed by atoms with E-state index in [1.165, 1.54) is 0 Å². The second-order valence-electron chi connectivity index (χ2n) is 9.17. The molecule has 0 amide bonds. The quantitative estimate of drug-likeness (QED) is 0.327. The summed E-state index contributed by atoms with van der Waals surface area (Å²) in [5.41, 5.74) is 3.56. The highest BCUT2D eigenvalue weighted by Crippen LogP contribution is 2.36. The van der Waals surface area contributed by atoms with E-state index < -0.39 is 27.8 Å². The summed E-state index contributed by atoms with van der Waals surface area (Å²) < 4.78 is 14.8. The first-order chi connectivity index (χ1) is 15.8. The van der Waals surface area contributed by atoms with E-state index >= 15 is 0 Å². The first-order valence-electron chi connectivity index (χ1n) is 11.1. The average molecular weight is 548 g/mol. The van der Waals surface area contributed by atoms with Gasteiger partial charge < -0.3 is 9.31 Å². The predicted molar refractivity (Wildman–Crippen MR) is 146 cm³/mol. The Morgan fingerprint density at radius 2 is 1.24 bits per heavy atom. The van der Waals surface area contributed by atoms with Gasteiger partial charge in [0.25, 0.3) is 0 Å². The topological polar surface area (TPSA) is 43.2 Å². The zero-order valence-corrected chi connectivity index (χ0v) is 21.4. The Morgan fingerprint density at radius 1 is 0.667 bits per heavy atom. The lowest BCUT2D eigenvalue weighted by Gasteiger charge is -2.32. The molecule has 0 saturated carbocycles. The van der Waals surface area contributed by atoms with Gasteiger partial charge in [0.05, 0.1) is 11.2 Å². The van der Waals surface area contributed by atoms with E-state index in [4.69, 9.17) is 19.3 Å². The van der Waals surface area contributed by atoms with Crippen LogP contribution in [0.2, 0.25) is 0 Å². The molecule has 0 aliphatic carbocycles. The Hall–Kier alpha value is -2.42. The van der Waals surface area contributed by atoms with Crippen LogP contribution in [0.5, 0.6) is 0 Å². The maximum absolute atomic E-state index is 6.29. The predicted octanol–water partition coefficient (Wildman–Crippen LogP) is 5.34. The molecule has 4 nitrogen and oxygen atoms in total. The molecule has 0 unspecified atom stereocenters. The molecule has 33 heavy (non-hydrogen) atoms. The van der Waals surface area contributed by atoms with Gasteiger partial charge in [-0.2, -0.15) is 0 Å². The molecule has 1 saturated heterocycles. The fourth-order valence-corrected chi connectivity index (χ4v) is 6.16. The normalized spacial score (nSPS) is 19.3. The van der Waals surface area contributed by atoms with Crippen LogP contribution in [0, 0.1) is 0 Å². The van der Waals surface area contributed by atoms with Crippen molar-refractivity contribution in [2.75, 3.05) is 0 Å². The highest BCUT2D eigenvalue weighted by Gasteiger charge is 2.51. The number of hydrogen-bond donors (Lipinski definition) is 0. The Kier molecular flexibility index (Phi) is 5.93. The minimum atomic E-state index is -0.561. The molecular formula is C27H26BIN2O2. The van der Waals surface area contributed by atoms with Crippen molar-refractivity contribution in [2.24, 2.45) is 9.98 Å². The Balaban J connectivity index is 1.56. The van der Waals surface area contributed by atoms with Crippen molar-refractivity contribution in [3.05, 3.63) is 102 Å². The van der Waals surface area contributed by atoms with Crippen LogP contribution in [-0.4, -0.2) is 31.5 Å². The minimum absolute atomic E-state index is 0.371. The van der Waals surface area contributed by atoms with Crippen LogP contribution < -0.4 is 5.46 Å². The molecule has 5 rings (SSSR count). The minimum Gasteiger partial charge on any atom is -0.399 e. The summed E-state index contributed by atoms with van der Waals surface area (Å²) in [6, 6.07) is 29.0. The van der Waals surface area contributed by atoms with Gasteiger partial charge in [-0.25, -0.2) is 9.98 Å². The van der Waals surface area contributed by atoms with E-state index in [0.29, 0.717) is 0 Å². The molecule has 2 aliphatic heterocycles. The van der Waals surface area contributed by atoms with E-state index in [-0.39, 0.29) is 11.2 Å². The summed E-state index contributed by atoms with van der Waals surface area (Å²) in [7, 11) is -0.392. The molecule has 166 valence electrons. The summed E-state index contributed by atoms with van der Waals surface area (Å²) in [5, 5.41) is 0. The second kappa shape index (κ2) is 8.74. The molecule has 2 aliphatic rings. The van der Waals surface area contributed by atoms with Gasteiger partial charge in [-0.05, 0) is 53.9 Å². The Labute approximate surface area is 205 Å². The van der Waals surface area contributed by atoms with Gasteiger partial charge >= 0.3 is 7.12 Å². The van der Waals surface area contributed by atoms with Crippen molar-refractivity contribution in [1.82, 2.24) is 0 Å². The van der Waals surface area contributed by atoms with E-state index in [1.54, 1.807) is 0 Å². The Bertz CT molecular complexity index is 1210. The zero-order valence-electron chi connectivity index (χ0n) is 19.2. The zero-order chi connectivity index (χ0) is 23.1. The third-order valence-corrected chi connectivity index (χ3v) is 9.03. The molecule has 3 aromatic rings. The number of hydrogen-bond acceptors (Lipinski definition) is 4. The molecule has 3 aromatic carbocycles. The molecule has 0 bridgehead atoms. The van der Waals surface area contributed by atoms with Crippen molar-refractivity contribution < 1.29 is 9.31 Å². The number of amidine groups is 1. The lowest BCUT2D eigenvalue weighted by molar-refractivity contribution is 0.00578. The first kappa shape index (κ1) is 22.4. The molecule has 0 radical (unpaired) electrons. The lowest BCUT2D eigenvalue weighted by atomic mass is 9.78. The van der Waals surface area contributed by atoms with Crippen molar-refractivity contribution in [3.8, 4) is 0 Å². The lowest BCUT2D eigenvalue weighted by Crippen LogP contribution is -2.41. The van der Waals surface area contributed by atoms with Crippen LogP contribution in [0.25, 0.3) is 0 Å². The smallest absolute Gasteiger partial charge is 0.399 e. The molecule has 2 heterocycles. The van der Waals surface area contributed by atoms with Crippen LogP contribution in [-0.2, 0) is 9.31 Å². The van der Waals surface area contributed by atoms with Crippen molar-refractivity contribution in [3.63, 3.8) is 0 Å². The number of halogens is 1.